The third-order valence-electron chi connectivity index (χ3n) is 10.4. The Bertz CT molecular complexity index is 3030. The van der Waals surface area contributed by atoms with Gasteiger partial charge in [-0.1, -0.05) is 121 Å². The van der Waals surface area contributed by atoms with E-state index in [0.29, 0.717) is 0 Å². The molecule has 0 spiro atoms. The summed E-state index contributed by atoms with van der Waals surface area (Å²) in [5.74, 6) is 0. The lowest BCUT2D eigenvalue weighted by molar-refractivity contribution is 0.663. The third kappa shape index (κ3) is 4.25. The maximum absolute atomic E-state index is 6.83. The minimum Gasteiger partial charge on any atom is -0.456 e. The smallest absolute Gasteiger partial charge is 0.147 e. The van der Waals surface area contributed by atoms with Crippen molar-refractivity contribution in [3.05, 3.63) is 176 Å². The van der Waals surface area contributed by atoms with Crippen molar-refractivity contribution in [3.63, 3.8) is 0 Å². The predicted molar refractivity (Wildman–Crippen MR) is 212 cm³/mol. The highest BCUT2D eigenvalue weighted by atomic mass is 16.3. The maximum Gasteiger partial charge on any atom is 0.147 e. The molecule has 51 heavy (non-hydrogen) atoms. The van der Waals surface area contributed by atoms with E-state index in [9.17, 15) is 0 Å². The van der Waals surface area contributed by atoms with E-state index in [-0.39, 0.29) is 0 Å². The van der Waals surface area contributed by atoms with Gasteiger partial charge >= 0.3 is 0 Å². The van der Waals surface area contributed by atoms with E-state index in [1.165, 1.54) is 44.1 Å². The molecule has 0 bridgehead atoms. The van der Waals surface area contributed by atoms with Crippen LogP contribution in [0.4, 0.5) is 0 Å². The molecular formula is C48H29NO2. The van der Waals surface area contributed by atoms with Crippen molar-refractivity contribution in [1.29, 1.82) is 0 Å². The van der Waals surface area contributed by atoms with Crippen molar-refractivity contribution in [1.82, 2.24) is 4.57 Å². The van der Waals surface area contributed by atoms with E-state index < -0.39 is 0 Å². The first kappa shape index (κ1) is 28.0. The molecule has 11 aromatic rings. The summed E-state index contributed by atoms with van der Waals surface area (Å²) in [4.78, 5) is 0. The monoisotopic (exact) mass is 651 g/mol. The van der Waals surface area contributed by atoms with Gasteiger partial charge < -0.3 is 13.4 Å². The Balaban J connectivity index is 1.13. The molecule has 3 heterocycles. The van der Waals surface area contributed by atoms with Crippen molar-refractivity contribution in [2.75, 3.05) is 0 Å². The van der Waals surface area contributed by atoms with Gasteiger partial charge in [0.15, 0.2) is 0 Å². The summed E-state index contributed by atoms with van der Waals surface area (Å²) in [5.41, 5.74) is 13.9. The van der Waals surface area contributed by atoms with Crippen LogP contribution >= 0.6 is 0 Å². The van der Waals surface area contributed by atoms with E-state index in [0.717, 1.165) is 60.7 Å². The van der Waals surface area contributed by atoms with E-state index in [1.54, 1.807) is 0 Å². The number of furan rings is 2. The number of fused-ring (bicyclic) bond motifs is 10. The molecule has 0 fully saturated rings. The van der Waals surface area contributed by atoms with Crippen molar-refractivity contribution in [3.8, 4) is 39.1 Å². The van der Waals surface area contributed by atoms with E-state index in [4.69, 9.17) is 8.83 Å². The van der Waals surface area contributed by atoms with Crippen molar-refractivity contribution < 1.29 is 8.83 Å². The van der Waals surface area contributed by atoms with Crippen LogP contribution in [-0.4, -0.2) is 4.57 Å². The highest BCUT2D eigenvalue weighted by molar-refractivity contribution is 6.23. The molecule has 0 unspecified atom stereocenters. The summed E-state index contributed by atoms with van der Waals surface area (Å²) in [6.07, 6.45) is 0. The summed E-state index contributed by atoms with van der Waals surface area (Å²) in [5, 5.41) is 6.73. The molecule has 3 nitrogen and oxygen atoms in total. The van der Waals surface area contributed by atoms with E-state index in [1.807, 2.05) is 12.1 Å². The zero-order valence-electron chi connectivity index (χ0n) is 27.5. The number of hydrogen-bond acceptors (Lipinski definition) is 2. The van der Waals surface area contributed by atoms with Gasteiger partial charge in [0.05, 0.1) is 16.4 Å². The molecule has 11 rings (SSSR count). The van der Waals surface area contributed by atoms with E-state index in [2.05, 4.69) is 168 Å². The normalized spacial score (nSPS) is 11.9. The molecule has 0 amide bonds. The lowest BCUT2D eigenvalue weighted by Gasteiger charge is -2.11. The minimum atomic E-state index is 0.837. The highest BCUT2D eigenvalue weighted by Gasteiger charge is 2.19. The van der Waals surface area contributed by atoms with Gasteiger partial charge in [-0.05, 0) is 82.4 Å². The van der Waals surface area contributed by atoms with Crippen LogP contribution in [0.5, 0.6) is 0 Å². The molecule has 0 N–H and O–H groups in total. The number of benzene rings is 8. The van der Waals surface area contributed by atoms with Gasteiger partial charge in [-0.3, -0.25) is 0 Å². The fourth-order valence-corrected chi connectivity index (χ4v) is 8.03. The second kappa shape index (κ2) is 10.8. The Kier molecular flexibility index (Phi) is 5.96. The predicted octanol–water partition coefficient (Wildman–Crippen LogP) is 13.6. The maximum atomic E-state index is 6.83. The Labute approximate surface area is 293 Å². The molecule has 238 valence electrons. The van der Waals surface area contributed by atoms with Gasteiger partial charge in [0, 0.05) is 38.2 Å². The molecule has 0 aliphatic carbocycles. The van der Waals surface area contributed by atoms with Crippen LogP contribution in [0.3, 0.4) is 0 Å². The molecule has 8 aromatic carbocycles. The van der Waals surface area contributed by atoms with Crippen LogP contribution in [0.15, 0.2) is 185 Å². The Hall–Kier alpha value is -6.84. The first-order chi connectivity index (χ1) is 25.3. The van der Waals surface area contributed by atoms with Gasteiger partial charge in [-0.2, -0.15) is 0 Å². The Morgan fingerprint density at radius 1 is 0.333 bits per heavy atom. The van der Waals surface area contributed by atoms with Gasteiger partial charge in [0.1, 0.15) is 22.3 Å². The minimum absolute atomic E-state index is 0.837. The molecule has 3 heteroatoms. The lowest BCUT2D eigenvalue weighted by atomic mass is 10.0. The highest BCUT2D eigenvalue weighted by Crippen LogP contribution is 2.43. The average molecular weight is 652 g/mol. The average Bonchev–Trinajstić information content (AvgIpc) is 3.87. The zero-order valence-corrected chi connectivity index (χ0v) is 27.5. The quantitative estimate of drug-likeness (QED) is 0.190. The van der Waals surface area contributed by atoms with Crippen LogP contribution in [-0.2, 0) is 0 Å². The Morgan fingerprint density at radius 2 is 0.941 bits per heavy atom. The van der Waals surface area contributed by atoms with Gasteiger partial charge in [-0.15, -0.1) is 0 Å². The standard InChI is InChI=1S/C48H29NO2/c1-3-11-30(12-4-1)32-21-24-42-40(28-32)41-29-33(31-13-5-2-6-14-31)22-25-43(41)49(42)35-16-9-15-34(27-35)36-18-10-19-37-38-23-26-45-46(48(38)51-47(36)37)39-17-7-8-20-44(39)50-45/h1-29H. The SMILES string of the molecule is c1ccc(-c2ccc3c(c2)c2cc(-c4ccccc4)ccc2n3-c2cccc(-c3cccc4c3oc3c4ccc4oc5ccccc5c43)c2)cc1. The van der Waals surface area contributed by atoms with Crippen molar-refractivity contribution in [2.45, 2.75) is 0 Å². The molecule has 0 saturated carbocycles. The van der Waals surface area contributed by atoms with Gasteiger partial charge in [0.2, 0.25) is 0 Å². The largest absolute Gasteiger partial charge is 0.456 e. The van der Waals surface area contributed by atoms with Gasteiger partial charge in [0.25, 0.3) is 0 Å². The van der Waals surface area contributed by atoms with Crippen molar-refractivity contribution in [2.24, 2.45) is 0 Å². The first-order valence-electron chi connectivity index (χ1n) is 17.3. The lowest BCUT2D eigenvalue weighted by Crippen LogP contribution is -1.94. The van der Waals surface area contributed by atoms with Crippen molar-refractivity contribution >= 4 is 65.7 Å². The summed E-state index contributed by atoms with van der Waals surface area (Å²) in [6, 6.07) is 62.6. The summed E-state index contributed by atoms with van der Waals surface area (Å²) in [7, 11) is 0. The zero-order chi connectivity index (χ0) is 33.5. The van der Waals surface area contributed by atoms with Crippen LogP contribution < -0.4 is 0 Å². The number of para-hydroxylation sites is 2. The number of rotatable bonds is 4. The van der Waals surface area contributed by atoms with E-state index >= 15 is 0 Å². The van der Waals surface area contributed by atoms with Crippen LogP contribution in [0.1, 0.15) is 0 Å². The topological polar surface area (TPSA) is 31.2 Å². The fourth-order valence-electron chi connectivity index (χ4n) is 8.03. The first-order valence-corrected chi connectivity index (χ1v) is 17.3. The second-order valence-electron chi connectivity index (χ2n) is 13.3. The summed E-state index contributed by atoms with van der Waals surface area (Å²) < 4.78 is 15.4. The van der Waals surface area contributed by atoms with Crippen LogP contribution in [0.2, 0.25) is 0 Å². The number of nitrogens with zero attached hydrogens (tertiary/aromatic N) is 1. The number of hydrogen-bond donors (Lipinski definition) is 0. The second-order valence-corrected chi connectivity index (χ2v) is 13.3. The van der Waals surface area contributed by atoms with Crippen LogP contribution in [0.25, 0.3) is 105 Å². The fraction of sp³-hybridized carbons (Fsp3) is 0. The third-order valence-corrected chi connectivity index (χ3v) is 10.4. The molecule has 3 aromatic heterocycles. The molecule has 0 aliphatic rings. The van der Waals surface area contributed by atoms with Gasteiger partial charge in [-0.25, -0.2) is 0 Å². The molecule has 0 radical (unpaired) electrons. The molecular weight excluding hydrogens is 623 g/mol. The molecule has 0 saturated heterocycles. The molecule has 0 atom stereocenters. The Morgan fingerprint density at radius 3 is 1.67 bits per heavy atom. The summed E-state index contributed by atoms with van der Waals surface area (Å²) in [6.45, 7) is 0. The molecule has 0 aliphatic heterocycles. The number of aromatic nitrogens is 1. The summed E-state index contributed by atoms with van der Waals surface area (Å²) >= 11 is 0. The van der Waals surface area contributed by atoms with Crippen LogP contribution in [0, 0.1) is 0 Å².